The summed E-state index contributed by atoms with van der Waals surface area (Å²) < 4.78 is 1.28. The Morgan fingerprint density at radius 3 is 2.28 bits per heavy atom. The zero-order valence-corrected chi connectivity index (χ0v) is 15.7. The van der Waals surface area contributed by atoms with E-state index in [1.54, 1.807) is 12.3 Å². The third kappa shape index (κ3) is 5.41. The minimum atomic E-state index is -0.209. The maximum Gasteiger partial charge on any atom is 0.275 e. The molecule has 0 aliphatic heterocycles. The summed E-state index contributed by atoms with van der Waals surface area (Å²) in [5.41, 5.74) is -0.209. The monoisotopic (exact) mass is 343 g/mol. The number of hydrogen-bond donors (Lipinski definition) is 0. The van der Waals surface area contributed by atoms with Crippen molar-refractivity contribution in [1.29, 1.82) is 0 Å². The molecule has 0 atom stereocenters. The Hall–Kier alpha value is -2.17. The number of amides is 1. The lowest BCUT2D eigenvalue weighted by atomic mass is 10.1. The van der Waals surface area contributed by atoms with Gasteiger partial charge >= 0.3 is 0 Å². The van der Waals surface area contributed by atoms with Crippen molar-refractivity contribution < 1.29 is 4.79 Å². The zero-order valence-electron chi connectivity index (χ0n) is 15.7. The second-order valence-electron chi connectivity index (χ2n) is 7.44. The molecule has 0 aliphatic carbocycles. The molecule has 1 aromatic carbocycles. The number of nitrogens with zero attached hydrogens (tertiary/aromatic N) is 3. The summed E-state index contributed by atoms with van der Waals surface area (Å²) in [7, 11) is 0. The van der Waals surface area contributed by atoms with Crippen LogP contribution in [0.25, 0.3) is 10.8 Å². The minimum absolute atomic E-state index is 0.000141. The number of fused-ring (bicyclic) bond motifs is 1. The topological polar surface area (TPSA) is 55.2 Å². The predicted molar refractivity (Wildman–Crippen MR) is 101 cm³/mol. The highest BCUT2D eigenvalue weighted by Gasteiger charge is 2.16. The van der Waals surface area contributed by atoms with Gasteiger partial charge in [0, 0.05) is 18.5 Å². The van der Waals surface area contributed by atoms with Crippen LogP contribution >= 0.6 is 0 Å². The van der Waals surface area contributed by atoms with Gasteiger partial charge in [-0.15, -0.1) is 0 Å². The molecule has 0 saturated heterocycles. The second kappa shape index (κ2) is 8.79. The van der Waals surface area contributed by atoms with E-state index in [1.165, 1.54) is 4.68 Å². The van der Waals surface area contributed by atoms with Crippen molar-refractivity contribution in [2.45, 2.75) is 47.1 Å². The van der Waals surface area contributed by atoms with Crippen LogP contribution in [-0.2, 0) is 11.3 Å². The Balaban J connectivity index is 2.16. The molecule has 0 radical (unpaired) electrons. The fourth-order valence-corrected chi connectivity index (χ4v) is 2.66. The Kier molecular flexibility index (Phi) is 6.73. The molecule has 2 rings (SSSR count). The molecule has 0 spiro atoms. The van der Waals surface area contributed by atoms with Crippen LogP contribution in [0.3, 0.4) is 0 Å². The normalized spacial score (nSPS) is 11.4. The molecule has 1 amide bonds. The van der Waals surface area contributed by atoms with Crippen LogP contribution < -0.4 is 5.56 Å². The summed E-state index contributed by atoms with van der Waals surface area (Å²) in [6.07, 6.45) is 3.57. The van der Waals surface area contributed by atoms with Crippen LogP contribution in [0.2, 0.25) is 0 Å². The molecular formula is C20H29N3O2. The molecule has 5 nitrogen and oxygen atoms in total. The molecule has 0 aliphatic rings. The Bertz CT molecular complexity index is 753. The lowest BCUT2D eigenvalue weighted by Gasteiger charge is -2.24. The molecular weight excluding hydrogens is 314 g/mol. The highest BCUT2D eigenvalue weighted by molar-refractivity contribution is 5.81. The number of carbonyl (C=O) groups is 1. The van der Waals surface area contributed by atoms with Gasteiger partial charge in [0.25, 0.3) is 5.56 Å². The van der Waals surface area contributed by atoms with Gasteiger partial charge in [-0.1, -0.05) is 45.9 Å². The van der Waals surface area contributed by atoms with E-state index in [1.807, 2.05) is 23.1 Å². The van der Waals surface area contributed by atoms with Gasteiger partial charge in [0.2, 0.25) is 5.91 Å². The van der Waals surface area contributed by atoms with Gasteiger partial charge in [-0.05, 0) is 30.7 Å². The maximum absolute atomic E-state index is 12.8. The van der Waals surface area contributed by atoms with E-state index in [2.05, 4.69) is 32.8 Å². The van der Waals surface area contributed by atoms with E-state index in [0.29, 0.717) is 17.2 Å². The first-order valence-corrected chi connectivity index (χ1v) is 9.11. The summed E-state index contributed by atoms with van der Waals surface area (Å²) in [5.74, 6) is 1.04. The molecule has 0 unspecified atom stereocenters. The van der Waals surface area contributed by atoms with Crippen molar-refractivity contribution >= 4 is 16.7 Å². The van der Waals surface area contributed by atoms with Crippen molar-refractivity contribution in [2.75, 3.05) is 13.1 Å². The van der Waals surface area contributed by atoms with Crippen LogP contribution in [0.1, 0.15) is 40.5 Å². The first-order valence-electron chi connectivity index (χ1n) is 9.11. The molecule has 0 bridgehead atoms. The number of carbonyl (C=O) groups excluding carboxylic acids is 1. The van der Waals surface area contributed by atoms with Gasteiger partial charge in [0.05, 0.1) is 11.6 Å². The maximum atomic E-state index is 12.8. The number of rotatable bonds is 8. The Labute approximate surface area is 149 Å². The molecule has 2 aromatic rings. The van der Waals surface area contributed by atoms with E-state index in [0.717, 1.165) is 31.3 Å². The number of aromatic nitrogens is 2. The van der Waals surface area contributed by atoms with Crippen molar-refractivity contribution in [3.8, 4) is 0 Å². The van der Waals surface area contributed by atoms with E-state index in [-0.39, 0.29) is 18.0 Å². The van der Waals surface area contributed by atoms with Crippen LogP contribution in [0, 0.1) is 11.8 Å². The first kappa shape index (κ1) is 19.2. The van der Waals surface area contributed by atoms with E-state index >= 15 is 0 Å². The molecule has 25 heavy (non-hydrogen) atoms. The standard InChI is InChI=1S/C20H29N3O2/c1-15(2)9-11-22(12-10-16(3)4)19(24)14-23-20(25)18-8-6-5-7-17(18)13-21-23/h5-8,13,15-16H,9-12,14H2,1-4H3. The quantitative estimate of drug-likeness (QED) is 0.739. The highest BCUT2D eigenvalue weighted by atomic mass is 16.2. The van der Waals surface area contributed by atoms with E-state index in [9.17, 15) is 9.59 Å². The molecule has 5 heteroatoms. The SMILES string of the molecule is CC(C)CCN(CCC(C)C)C(=O)Cn1ncc2ccccc2c1=O. The van der Waals surface area contributed by atoms with Crippen LogP contribution in [0.4, 0.5) is 0 Å². The van der Waals surface area contributed by atoms with Gasteiger partial charge in [-0.2, -0.15) is 5.10 Å². The summed E-state index contributed by atoms with van der Waals surface area (Å²) >= 11 is 0. The second-order valence-corrected chi connectivity index (χ2v) is 7.44. The highest BCUT2D eigenvalue weighted by Crippen LogP contribution is 2.09. The van der Waals surface area contributed by atoms with Crippen molar-refractivity contribution in [1.82, 2.24) is 14.7 Å². The van der Waals surface area contributed by atoms with Gasteiger partial charge < -0.3 is 4.90 Å². The lowest BCUT2D eigenvalue weighted by molar-refractivity contribution is -0.132. The fourth-order valence-electron chi connectivity index (χ4n) is 2.66. The summed E-state index contributed by atoms with van der Waals surface area (Å²) in [6.45, 7) is 10.1. The van der Waals surface area contributed by atoms with E-state index in [4.69, 9.17) is 0 Å². The molecule has 0 N–H and O–H groups in total. The molecule has 136 valence electrons. The van der Waals surface area contributed by atoms with Crippen molar-refractivity contribution in [3.05, 3.63) is 40.8 Å². The lowest BCUT2D eigenvalue weighted by Crippen LogP contribution is -2.39. The minimum Gasteiger partial charge on any atom is -0.341 e. The number of benzene rings is 1. The van der Waals surface area contributed by atoms with Gasteiger partial charge in [0.15, 0.2) is 0 Å². The Morgan fingerprint density at radius 1 is 1.08 bits per heavy atom. The summed E-state index contributed by atoms with van der Waals surface area (Å²) in [5, 5.41) is 5.57. The van der Waals surface area contributed by atoms with E-state index < -0.39 is 0 Å². The molecule has 0 saturated carbocycles. The fraction of sp³-hybridized carbons (Fsp3) is 0.550. The largest absolute Gasteiger partial charge is 0.341 e. The third-order valence-corrected chi connectivity index (χ3v) is 4.35. The molecule has 1 heterocycles. The molecule has 1 aromatic heterocycles. The van der Waals surface area contributed by atoms with Gasteiger partial charge in [0.1, 0.15) is 6.54 Å². The summed E-state index contributed by atoms with van der Waals surface area (Å²) in [4.78, 5) is 27.2. The van der Waals surface area contributed by atoms with Crippen molar-refractivity contribution in [2.24, 2.45) is 11.8 Å². The number of hydrogen-bond acceptors (Lipinski definition) is 3. The van der Waals surface area contributed by atoms with Gasteiger partial charge in [-0.25, -0.2) is 4.68 Å². The van der Waals surface area contributed by atoms with Crippen molar-refractivity contribution in [3.63, 3.8) is 0 Å². The first-order chi connectivity index (χ1) is 11.9. The average molecular weight is 343 g/mol. The summed E-state index contributed by atoms with van der Waals surface area (Å²) in [6, 6.07) is 7.33. The average Bonchev–Trinajstić information content (AvgIpc) is 2.57. The zero-order chi connectivity index (χ0) is 18.4. The van der Waals surface area contributed by atoms with Crippen LogP contribution in [0.5, 0.6) is 0 Å². The van der Waals surface area contributed by atoms with Gasteiger partial charge in [-0.3, -0.25) is 9.59 Å². The smallest absolute Gasteiger partial charge is 0.275 e. The Morgan fingerprint density at radius 2 is 1.68 bits per heavy atom. The molecule has 0 fully saturated rings. The van der Waals surface area contributed by atoms with Crippen LogP contribution in [0.15, 0.2) is 35.3 Å². The predicted octanol–water partition coefficient (Wildman–Crippen LogP) is 3.32. The van der Waals surface area contributed by atoms with Crippen LogP contribution in [-0.4, -0.2) is 33.7 Å². The third-order valence-electron chi connectivity index (χ3n) is 4.35.